The van der Waals surface area contributed by atoms with Gasteiger partial charge in [-0.15, -0.1) is 0 Å². The Morgan fingerprint density at radius 1 is 1.30 bits per heavy atom. The normalized spacial score (nSPS) is 12.3. The molecule has 0 aliphatic rings. The summed E-state index contributed by atoms with van der Waals surface area (Å²) in [4.78, 5) is 12.9. The SMILES string of the molecule is CC[C@@H](C(=O)Nc1cc(Cl)ccc1OC)N(c1ccccc1F)S(C)(=O)=O. The monoisotopic (exact) mass is 414 g/mol. The maximum absolute atomic E-state index is 14.3. The van der Waals surface area contributed by atoms with E-state index in [2.05, 4.69) is 5.32 Å². The number of amides is 1. The minimum atomic E-state index is -3.94. The topological polar surface area (TPSA) is 75.7 Å². The predicted octanol–water partition coefficient (Wildman–Crippen LogP) is 3.67. The average Bonchev–Trinajstić information content (AvgIpc) is 2.59. The molecule has 27 heavy (non-hydrogen) atoms. The van der Waals surface area contributed by atoms with Gasteiger partial charge in [-0.25, -0.2) is 12.8 Å². The van der Waals surface area contributed by atoms with Crippen molar-refractivity contribution in [3.8, 4) is 5.75 Å². The van der Waals surface area contributed by atoms with Crippen molar-refractivity contribution in [3.63, 3.8) is 0 Å². The Hall–Kier alpha value is -2.32. The van der Waals surface area contributed by atoms with Crippen molar-refractivity contribution in [3.05, 3.63) is 53.3 Å². The Morgan fingerprint density at radius 2 is 1.96 bits per heavy atom. The van der Waals surface area contributed by atoms with Crippen LogP contribution in [0, 0.1) is 5.82 Å². The van der Waals surface area contributed by atoms with Gasteiger partial charge in [-0.05, 0) is 36.8 Å². The molecule has 1 N–H and O–H groups in total. The fourth-order valence-electron chi connectivity index (χ4n) is 2.66. The van der Waals surface area contributed by atoms with Gasteiger partial charge in [0.25, 0.3) is 0 Å². The molecule has 146 valence electrons. The van der Waals surface area contributed by atoms with Crippen LogP contribution in [0.3, 0.4) is 0 Å². The molecule has 0 fully saturated rings. The predicted molar refractivity (Wildman–Crippen MR) is 104 cm³/mol. The van der Waals surface area contributed by atoms with Crippen LogP contribution in [-0.2, 0) is 14.8 Å². The van der Waals surface area contributed by atoms with Crippen LogP contribution in [0.4, 0.5) is 15.8 Å². The number of nitrogens with one attached hydrogen (secondary N) is 1. The van der Waals surface area contributed by atoms with Crippen LogP contribution in [0.15, 0.2) is 42.5 Å². The smallest absolute Gasteiger partial charge is 0.248 e. The summed E-state index contributed by atoms with van der Waals surface area (Å²) in [6.07, 6.45) is 1.05. The van der Waals surface area contributed by atoms with Crippen molar-refractivity contribution in [1.29, 1.82) is 0 Å². The molecule has 0 aromatic heterocycles. The summed E-state index contributed by atoms with van der Waals surface area (Å²) < 4.78 is 44.9. The van der Waals surface area contributed by atoms with Crippen LogP contribution in [0.25, 0.3) is 0 Å². The Kier molecular flexibility index (Phi) is 6.67. The first kappa shape index (κ1) is 21.0. The van der Waals surface area contributed by atoms with Crippen molar-refractivity contribution in [2.45, 2.75) is 19.4 Å². The third-order valence-corrected chi connectivity index (χ3v) is 5.24. The van der Waals surface area contributed by atoms with E-state index in [9.17, 15) is 17.6 Å². The van der Waals surface area contributed by atoms with Crippen LogP contribution in [-0.4, -0.2) is 33.7 Å². The third kappa shape index (κ3) is 4.90. The van der Waals surface area contributed by atoms with Gasteiger partial charge in [-0.1, -0.05) is 30.7 Å². The second-order valence-corrected chi connectivity index (χ2v) is 8.06. The van der Waals surface area contributed by atoms with Crippen LogP contribution in [0.2, 0.25) is 5.02 Å². The average molecular weight is 415 g/mol. The van der Waals surface area contributed by atoms with Gasteiger partial charge in [-0.2, -0.15) is 0 Å². The van der Waals surface area contributed by atoms with Gasteiger partial charge in [0.15, 0.2) is 0 Å². The van der Waals surface area contributed by atoms with Gasteiger partial charge >= 0.3 is 0 Å². The van der Waals surface area contributed by atoms with Crippen LogP contribution < -0.4 is 14.4 Å². The first-order chi connectivity index (χ1) is 12.7. The number of hydrogen-bond acceptors (Lipinski definition) is 4. The van der Waals surface area contributed by atoms with Gasteiger partial charge in [0.05, 0.1) is 24.7 Å². The standard InChI is InChI=1S/C18H20ClFN2O4S/c1-4-15(18(23)21-14-11-12(19)9-10-17(14)26-2)22(27(3,24)25)16-8-6-5-7-13(16)20/h5-11,15H,4H2,1-3H3,(H,21,23)/t15-/m0/s1. The summed E-state index contributed by atoms with van der Waals surface area (Å²) >= 11 is 5.96. The number of carbonyl (C=O) groups excluding carboxylic acids is 1. The second-order valence-electron chi connectivity index (χ2n) is 5.77. The van der Waals surface area contributed by atoms with Crippen molar-refractivity contribution in [2.24, 2.45) is 0 Å². The van der Waals surface area contributed by atoms with E-state index >= 15 is 0 Å². The van der Waals surface area contributed by atoms with Gasteiger partial charge in [0.2, 0.25) is 15.9 Å². The van der Waals surface area contributed by atoms with Gasteiger partial charge in [0, 0.05) is 5.02 Å². The summed E-state index contributed by atoms with van der Waals surface area (Å²) in [7, 11) is -2.51. The lowest BCUT2D eigenvalue weighted by Crippen LogP contribution is -2.47. The molecule has 0 aliphatic heterocycles. The Morgan fingerprint density at radius 3 is 2.52 bits per heavy atom. The van der Waals surface area contributed by atoms with Crippen LogP contribution in [0.1, 0.15) is 13.3 Å². The van der Waals surface area contributed by atoms with E-state index in [0.29, 0.717) is 10.8 Å². The number of para-hydroxylation sites is 1. The molecular formula is C18H20ClFN2O4S. The molecule has 2 aromatic carbocycles. The summed E-state index contributed by atoms with van der Waals surface area (Å²) in [5.74, 6) is -1.01. The fourth-order valence-corrected chi connectivity index (χ4v) is 4.04. The lowest BCUT2D eigenvalue weighted by atomic mass is 10.1. The summed E-state index contributed by atoms with van der Waals surface area (Å²) in [5, 5.41) is 2.99. The number of hydrogen-bond donors (Lipinski definition) is 1. The van der Waals surface area contributed by atoms with Crippen LogP contribution in [0.5, 0.6) is 5.75 Å². The third-order valence-electron chi connectivity index (χ3n) is 3.84. The quantitative estimate of drug-likeness (QED) is 0.750. The maximum atomic E-state index is 14.3. The highest BCUT2D eigenvalue weighted by molar-refractivity contribution is 7.92. The van der Waals surface area contributed by atoms with E-state index in [4.69, 9.17) is 16.3 Å². The Bertz CT molecular complexity index is 937. The Labute approximate surface area is 162 Å². The molecular weight excluding hydrogens is 395 g/mol. The van der Waals surface area contributed by atoms with Gasteiger partial charge in [-0.3, -0.25) is 9.10 Å². The molecule has 0 unspecified atom stereocenters. The van der Waals surface area contributed by atoms with Crippen molar-refractivity contribution < 1.29 is 22.3 Å². The van der Waals surface area contributed by atoms with Crippen molar-refractivity contribution in [1.82, 2.24) is 0 Å². The highest BCUT2D eigenvalue weighted by atomic mass is 35.5. The zero-order chi connectivity index (χ0) is 20.2. The molecule has 9 heteroatoms. The van der Waals surface area contributed by atoms with Gasteiger partial charge in [0.1, 0.15) is 17.6 Å². The summed E-state index contributed by atoms with van der Waals surface area (Å²) in [6, 6.07) is 8.88. The molecule has 0 radical (unpaired) electrons. The molecule has 2 aromatic rings. The number of anilines is 2. The fraction of sp³-hybridized carbons (Fsp3) is 0.278. The summed E-state index contributed by atoms with van der Waals surface area (Å²) in [5.41, 5.74) is 0.0930. The van der Waals surface area contributed by atoms with Crippen molar-refractivity contribution in [2.75, 3.05) is 23.0 Å². The molecule has 0 aliphatic carbocycles. The van der Waals surface area contributed by atoms with E-state index in [0.717, 1.165) is 16.6 Å². The maximum Gasteiger partial charge on any atom is 0.248 e. The van der Waals surface area contributed by atoms with E-state index in [-0.39, 0.29) is 17.8 Å². The van der Waals surface area contributed by atoms with Crippen LogP contribution >= 0.6 is 11.6 Å². The van der Waals surface area contributed by atoms with Gasteiger partial charge < -0.3 is 10.1 Å². The number of sulfonamides is 1. The molecule has 2 rings (SSSR count). The molecule has 1 amide bonds. The van der Waals surface area contributed by atoms with E-state index in [1.165, 1.54) is 31.4 Å². The molecule has 0 heterocycles. The van der Waals surface area contributed by atoms with Crippen molar-refractivity contribution >= 4 is 38.9 Å². The second kappa shape index (κ2) is 8.58. The zero-order valence-corrected chi connectivity index (χ0v) is 16.6. The molecule has 0 saturated heterocycles. The first-order valence-corrected chi connectivity index (χ1v) is 10.3. The molecule has 6 nitrogen and oxygen atoms in total. The lowest BCUT2D eigenvalue weighted by Gasteiger charge is -2.30. The van der Waals surface area contributed by atoms with E-state index in [1.54, 1.807) is 19.1 Å². The molecule has 0 spiro atoms. The largest absolute Gasteiger partial charge is 0.495 e. The number of nitrogens with zero attached hydrogens (tertiary/aromatic N) is 1. The minimum absolute atomic E-state index is 0.121. The number of halogens is 2. The number of rotatable bonds is 7. The van der Waals surface area contributed by atoms with E-state index in [1.807, 2.05) is 0 Å². The molecule has 0 saturated carbocycles. The highest BCUT2D eigenvalue weighted by Gasteiger charge is 2.33. The number of ether oxygens (including phenoxy) is 1. The molecule has 0 bridgehead atoms. The summed E-state index contributed by atoms with van der Waals surface area (Å²) in [6.45, 7) is 1.64. The molecule has 1 atom stereocenters. The zero-order valence-electron chi connectivity index (χ0n) is 15.1. The lowest BCUT2D eigenvalue weighted by molar-refractivity contribution is -0.117. The number of methoxy groups -OCH3 is 1. The number of benzene rings is 2. The number of carbonyl (C=O) groups is 1. The highest BCUT2D eigenvalue weighted by Crippen LogP contribution is 2.30. The van der Waals surface area contributed by atoms with E-state index < -0.39 is 27.8 Å². The minimum Gasteiger partial charge on any atom is -0.495 e. The Balaban J connectivity index is 2.44. The first-order valence-electron chi connectivity index (χ1n) is 8.07.